The second-order valence-electron chi connectivity index (χ2n) is 6.69. The molecule has 0 aliphatic carbocycles. The summed E-state index contributed by atoms with van der Waals surface area (Å²) in [5.41, 5.74) is 1.78. The van der Waals surface area contributed by atoms with Crippen LogP contribution < -0.4 is 15.0 Å². The zero-order chi connectivity index (χ0) is 18.3. The van der Waals surface area contributed by atoms with Gasteiger partial charge in [-0.05, 0) is 13.3 Å². The second-order valence-corrected chi connectivity index (χ2v) is 7.08. The molecule has 136 valence electrons. The Balaban J connectivity index is 1.61. The summed E-state index contributed by atoms with van der Waals surface area (Å²) in [6.07, 6.45) is 3.85. The summed E-state index contributed by atoms with van der Waals surface area (Å²) >= 11 is 6.07. The first-order valence-electron chi connectivity index (χ1n) is 8.55. The zero-order valence-electron chi connectivity index (χ0n) is 14.6. The van der Waals surface area contributed by atoms with Crippen molar-refractivity contribution in [2.45, 2.75) is 38.3 Å². The highest BCUT2D eigenvalue weighted by Gasteiger charge is 2.49. The quantitative estimate of drug-likeness (QED) is 0.814. The highest BCUT2D eigenvalue weighted by Crippen LogP contribution is 2.44. The minimum Gasteiger partial charge on any atom is -0.471 e. The van der Waals surface area contributed by atoms with Gasteiger partial charge in [-0.15, -0.1) is 10.2 Å². The molecule has 1 N–H and O–H groups in total. The topological polar surface area (TPSA) is 93.1 Å². The Morgan fingerprint density at radius 3 is 3.08 bits per heavy atom. The maximum absolute atomic E-state index is 10.8. The molecule has 26 heavy (non-hydrogen) atoms. The van der Waals surface area contributed by atoms with Gasteiger partial charge >= 0.3 is 0 Å². The smallest absolute Gasteiger partial charge is 0.235 e. The number of carbonyl (C=O) groups is 1. The molecule has 2 aliphatic heterocycles. The van der Waals surface area contributed by atoms with E-state index in [1.165, 1.54) is 6.20 Å². The van der Waals surface area contributed by atoms with Crippen molar-refractivity contribution in [3.63, 3.8) is 0 Å². The Kier molecular flexibility index (Phi) is 4.14. The lowest BCUT2D eigenvalue weighted by Crippen LogP contribution is -2.52. The van der Waals surface area contributed by atoms with Gasteiger partial charge in [0.15, 0.2) is 17.3 Å². The SMILES string of the molecule is CC[C@]12CNc3nnc(Cl)cc3N1C[C@H](Oc1ncc(C=O)nc1C)C2. The number of fused-ring (bicyclic) bond motifs is 3. The molecule has 2 aromatic rings. The first kappa shape index (κ1) is 17.0. The van der Waals surface area contributed by atoms with E-state index in [0.29, 0.717) is 35.3 Å². The van der Waals surface area contributed by atoms with Gasteiger partial charge in [-0.3, -0.25) is 4.79 Å². The molecular formula is C17H19ClN6O2. The van der Waals surface area contributed by atoms with Crippen LogP contribution in [0.2, 0.25) is 5.15 Å². The van der Waals surface area contributed by atoms with Crippen molar-refractivity contribution >= 4 is 29.4 Å². The summed E-state index contributed by atoms with van der Waals surface area (Å²) in [5, 5.41) is 11.8. The van der Waals surface area contributed by atoms with Crippen LogP contribution in [0.1, 0.15) is 35.9 Å². The third-order valence-corrected chi connectivity index (χ3v) is 5.35. The molecule has 8 nitrogen and oxygen atoms in total. The molecule has 0 aromatic carbocycles. The highest BCUT2D eigenvalue weighted by atomic mass is 35.5. The van der Waals surface area contributed by atoms with Gasteiger partial charge in [-0.25, -0.2) is 9.97 Å². The van der Waals surface area contributed by atoms with Crippen LogP contribution in [0, 0.1) is 6.92 Å². The number of hydrogen-bond donors (Lipinski definition) is 1. The summed E-state index contributed by atoms with van der Waals surface area (Å²) < 4.78 is 6.14. The first-order chi connectivity index (χ1) is 12.5. The van der Waals surface area contributed by atoms with Crippen LogP contribution in [-0.2, 0) is 0 Å². The van der Waals surface area contributed by atoms with E-state index >= 15 is 0 Å². The molecule has 0 spiro atoms. The summed E-state index contributed by atoms with van der Waals surface area (Å²) in [4.78, 5) is 21.6. The Labute approximate surface area is 155 Å². The number of aldehydes is 1. The molecule has 0 unspecified atom stereocenters. The van der Waals surface area contributed by atoms with Gasteiger partial charge in [-0.2, -0.15) is 0 Å². The normalized spacial score (nSPS) is 23.8. The molecule has 2 aromatic heterocycles. The Bertz CT molecular complexity index is 863. The van der Waals surface area contributed by atoms with Crippen molar-refractivity contribution in [1.82, 2.24) is 20.2 Å². The standard InChI is InChI=1S/C17H19ClN6O2/c1-3-17-5-12(26-16-10(2)21-11(8-25)6-19-16)7-24(17)13-4-14(18)22-23-15(13)20-9-17/h4,6,8,12H,3,5,7,9H2,1-2H3,(H,20,23)/t12-,17+/m1/s1. The molecule has 1 fully saturated rings. The fourth-order valence-corrected chi connectivity index (χ4v) is 3.96. The predicted octanol–water partition coefficient (Wildman–Crippen LogP) is 2.27. The monoisotopic (exact) mass is 374 g/mol. The molecule has 0 radical (unpaired) electrons. The molecule has 0 amide bonds. The number of ether oxygens (including phenoxy) is 1. The molecule has 1 saturated heterocycles. The molecule has 4 heterocycles. The number of halogens is 1. The van der Waals surface area contributed by atoms with Crippen molar-refractivity contribution in [3.05, 3.63) is 28.8 Å². The molecule has 0 saturated carbocycles. The number of hydrogen-bond acceptors (Lipinski definition) is 8. The summed E-state index contributed by atoms with van der Waals surface area (Å²) in [6.45, 7) is 5.42. The lowest BCUT2D eigenvalue weighted by molar-refractivity contribution is 0.111. The summed E-state index contributed by atoms with van der Waals surface area (Å²) in [7, 11) is 0. The lowest BCUT2D eigenvalue weighted by atomic mass is 9.90. The maximum atomic E-state index is 10.8. The molecular weight excluding hydrogens is 356 g/mol. The van der Waals surface area contributed by atoms with Crippen LogP contribution in [-0.4, -0.2) is 51.2 Å². The number of rotatable bonds is 4. The number of anilines is 2. The summed E-state index contributed by atoms with van der Waals surface area (Å²) in [6, 6.07) is 1.84. The van der Waals surface area contributed by atoms with Crippen LogP contribution in [0.5, 0.6) is 5.88 Å². The van der Waals surface area contributed by atoms with E-state index < -0.39 is 0 Å². The van der Waals surface area contributed by atoms with Crippen molar-refractivity contribution in [1.29, 1.82) is 0 Å². The average molecular weight is 375 g/mol. The van der Waals surface area contributed by atoms with Crippen LogP contribution in [0.15, 0.2) is 12.3 Å². The van der Waals surface area contributed by atoms with Crippen LogP contribution in [0.3, 0.4) is 0 Å². The van der Waals surface area contributed by atoms with Crippen LogP contribution in [0.25, 0.3) is 0 Å². The lowest BCUT2D eigenvalue weighted by Gasteiger charge is -2.43. The maximum Gasteiger partial charge on any atom is 0.235 e. The predicted molar refractivity (Wildman–Crippen MR) is 97.1 cm³/mol. The van der Waals surface area contributed by atoms with E-state index in [9.17, 15) is 4.79 Å². The fraction of sp³-hybridized carbons (Fsp3) is 0.471. The van der Waals surface area contributed by atoms with Crippen molar-refractivity contribution in [2.75, 3.05) is 23.3 Å². The average Bonchev–Trinajstić information content (AvgIpc) is 3.02. The third kappa shape index (κ3) is 2.74. The van der Waals surface area contributed by atoms with E-state index in [1.807, 2.05) is 6.07 Å². The zero-order valence-corrected chi connectivity index (χ0v) is 15.3. The fourth-order valence-electron chi connectivity index (χ4n) is 3.81. The van der Waals surface area contributed by atoms with Gasteiger partial charge in [-0.1, -0.05) is 18.5 Å². The molecule has 4 rings (SSSR count). The minimum atomic E-state index is -0.0753. The van der Waals surface area contributed by atoms with E-state index in [2.05, 4.69) is 37.3 Å². The van der Waals surface area contributed by atoms with E-state index in [-0.39, 0.29) is 11.6 Å². The first-order valence-corrected chi connectivity index (χ1v) is 8.92. The number of nitrogens with zero attached hydrogens (tertiary/aromatic N) is 5. The van der Waals surface area contributed by atoms with Crippen LogP contribution >= 0.6 is 11.6 Å². The van der Waals surface area contributed by atoms with Crippen molar-refractivity contribution in [3.8, 4) is 5.88 Å². The number of aryl methyl sites for hydroxylation is 1. The van der Waals surface area contributed by atoms with Crippen LogP contribution in [0.4, 0.5) is 11.5 Å². The Morgan fingerprint density at radius 1 is 1.50 bits per heavy atom. The highest BCUT2D eigenvalue weighted by molar-refractivity contribution is 6.29. The molecule has 9 heteroatoms. The van der Waals surface area contributed by atoms with Gasteiger partial charge in [0.05, 0.1) is 24.0 Å². The third-order valence-electron chi connectivity index (χ3n) is 5.16. The Morgan fingerprint density at radius 2 is 2.35 bits per heavy atom. The van der Waals surface area contributed by atoms with Gasteiger partial charge in [0, 0.05) is 19.0 Å². The van der Waals surface area contributed by atoms with Gasteiger partial charge in [0.1, 0.15) is 17.5 Å². The van der Waals surface area contributed by atoms with Crippen molar-refractivity contribution in [2.24, 2.45) is 0 Å². The minimum absolute atomic E-state index is 0.0512. The van der Waals surface area contributed by atoms with Gasteiger partial charge in [0.25, 0.3) is 0 Å². The van der Waals surface area contributed by atoms with Gasteiger partial charge in [0.2, 0.25) is 5.88 Å². The second kappa shape index (κ2) is 6.35. The van der Waals surface area contributed by atoms with Crippen molar-refractivity contribution < 1.29 is 9.53 Å². The van der Waals surface area contributed by atoms with E-state index in [0.717, 1.165) is 30.9 Å². The van der Waals surface area contributed by atoms with E-state index in [1.54, 1.807) is 6.92 Å². The largest absolute Gasteiger partial charge is 0.471 e. The number of carbonyl (C=O) groups excluding carboxylic acids is 1. The van der Waals surface area contributed by atoms with E-state index in [4.69, 9.17) is 16.3 Å². The molecule has 2 atom stereocenters. The Hall–Kier alpha value is -2.48. The molecule has 0 bridgehead atoms. The number of nitrogens with one attached hydrogen (secondary N) is 1. The van der Waals surface area contributed by atoms with Gasteiger partial charge < -0.3 is 15.0 Å². The molecule has 2 aliphatic rings. The number of aromatic nitrogens is 4. The summed E-state index contributed by atoms with van der Waals surface area (Å²) in [5.74, 6) is 1.20.